The summed E-state index contributed by atoms with van der Waals surface area (Å²) in [6.07, 6.45) is 7.85. The van der Waals surface area contributed by atoms with Crippen molar-refractivity contribution in [3.05, 3.63) is 0 Å². The van der Waals surface area contributed by atoms with E-state index < -0.39 is 0 Å². The minimum atomic E-state index is 0.220. The molecule has 0 spiro atoms. The molecule has 4 heteroatoms. The van der Waals surface area contributed by atoms with Crippen LogP contribution >= 0.6 is 0 Å². The second kappa shape index (κ2) is 5.41. The number of likely N-dealkylation sites (tertiary alicyclic amines) is 1. The molecule has 0 bridgehead atoms. The smallest absolute Gasteiger partial charge is 0.220 e. The lowest BCUT2D eigenvalue weighted by atomic mass is 9.99. The van der Waals surface area contributed by atoms with Crippen molar-refractivity contribution in [1.82, 2.24) is 10.2 Å². The molecule has 0 radical (unpaired) electrons. The summed E-state index contributed by atoms with van der Waals surface area (Å²) in [4.78, 5) is 14.7. The number of amides is 1. The van der Waals surface area contributed by atoms with E-state index in [-0.39, 0.29) is 11.9 Å². The summed E-state index contributed by atoms with van der Waals surface area (Å²) in [6.45, 7) is 3.34. The summed E-state index contributed by atoms with van der Waals surface area (Å²) in [7, 11) is 0. The molecule has 3 fully saturated rings. The molecule has 1 saturated heterocycles. The molecule has 1 aliphatic heterocycles. The van der Waals surface area contributed by atoms with Gasteiger partial charge in [-0.2, -0.15) is 0 Å². The maximum absolute atomic E-state index is 12.1. The lowest BCUT2D eigenvalue weighted by molar-refractivity contribution is -0.122. The van der Waals surface area contributed by atoms with Crippen molar-refractivity contribution < 1.29 is 4.79 Å². The number of nitrogens with two attached hydrogens (primary N) is 1. The van der Waals surface area contributed by atoms with Crippen LogP contribution in [0.1, 0.15) is 51.9 Å². The van der Waals surface area contributed by atoms with Gasteiger partial charge >= 0.3 is 0 Å². The van der Waals surface area contributed by atoms with Gasteiger partial charge in [-0.1, -0.05) is 6.42 Å². The van der Waals surface area contributed by atoms with Crippen LogP contribution in [-0.4, -0.2) is 41.5 Å². The normalized spacial score (nSPS) is 39.7. The lowest BCUT2D eigenvalue weighted by Gasteiger charge is -2.20. The number of nitrogens with zero attached hydrogens (tertiary/aromatic N) is 1. The third kappa shape index (κ3) is 3.11. The Morgan fingerprint density at radius 3 is 2.74 bits per heavy atom. The molecule has 3 aliphatic rings. The van der Waals surface area contributed by atoms with Crippen molar-refractivity contribution in [2.75, 3.05) is 6.54 Å². The Hall–Kier alpha value is -0.610. The summed E-state index contributed by atoms with van der Waals surface area (Å²) in [6, 6.07) is 2.05. The fourth-order valence-corrected chi connectivity index (χ4v) is 3.92. The molecule has 4 atom stereocenters. The highest BCUT2D eigenvalue weighted by molar-refractivity contribution is 5.76. The van der Waals surface area contributed by atoms with Gasteiger partial charge in [-0.25, -0.2) is 0 Å². The monoisotopic (exact) mass is 265 g/mol. The van der Waals surface area contributed by atoms with Crippen LogP contribution in [0.25, 0.3) is 0 Å². The van der Waals surface area contributed by atoms with Gasteiger partial charge in [-0.3, -0.25) is 9.69 Å². The molecule has 0 aromatic rings. The highest BCUT2D eigenvalue weighted by atomic mass is 16.1. The van der Waals surface area contributed by atoms with Gasteiger partial charge in [0.2, 0.25) is 5.91 Å². The van der Waals surface area contributed by atoms with Gasteiger partial charge in [0.05, 0.1) is 0 Å². The minimum absolute atomic E-state index is 0.220. The fraction of sp³-hybridized carbons (Fsp3) is 0.933. The van der Waals surface area contributed by atoms with Gasteiger partial charge in [0, 0.05) is 37.1 Å². The first-order valence-corrected chi connectivity index (χ1v) is 7.94. The molecule has 2 saturated carbocycles. The van der Waals surface area contributed by atoms with E-state index in [1.54, 1.807) is 0 Å². The van der Waals surface area contributed by atoms with Crippen molar-refractivity contribution in [2.45, 2.75) is 76.0 Å². The van der Waals surface area contributed by atoms with Crippen LogP contribution < -0.4 is 11.1 Å². The molecule has 1 heterocycles. The molecular formula is C15H27N3O. The minimum Gasteiger partial charge on any atom is -0.352 e. The average molecular weight is 265 g/mol. The molecular weight excluding hydrogens is 238 g/mol. The van der Waals surface area contributed by atoms with E-state index in [0.717, 1.165) is 31.8 Å². The Kier molecular flexibility index (Phi) is 3.81. The van der Waals surface area contributed by atoms with Crippen LogP contribution in [-0.2, 0) is 4.79 Å². The number of hydrogen-bond donors (Lipinski definition) is 2. The molecule has 19 heavy (non-hydrogen) atoms. The first-order chi connectivity index (χ1) is 9.13. The second-order valence-electron chi connectivity index (χ2n) is 6.84. The average Bonchev–Trinajstić information content (AvgIpc) is 3.03. The number of nitrogens with one attached hydrogen (secondary N) is 1. The molecule has 108 valence electrons. The van der Waals surface area contributed by atoms with Crippen molar-refractivity contribution in [1.29, 1.82) is 0 Å². The predicted octanol–water partition coefficient (Wildman–Crippen LogP) is 1.25. The van der Waals surface area contributed by atoms with E-state index in [4.69, 9.17) is 5.73 Å². The zero-order valence-corrected chi connectivity index (χ0v) is 12.0. The molecule has 2 unspecified atom stereocenters. The Labute approximate surface area is 116 Å². The first kappa shape index (κ1) is 13.4. The second-order valence-corrected chi connectivity index (χ2v) is 6.84. The van der Waals surface area contributed by atoms with Crippen LogP contribution in [0.2, 0.25) is 0 Å². The Balaban J connectivity index is 1.45. The molecule has 2 aliphatic carbocycles. The maximum atomic E-state index is 12.1. The van der Waals surface area contributed by atoms with Crippen LogP contribution in [0, 0.1) is 5.92 Å². The summed E-state index contributed by atoms with van der Waals surface area (Å²) < 4.78 is 0. The third-order valence-electron chi connectivity index (χ3n) is 5.17. The molecule has 3 rings (SSSR count). The summed E-state index contributed by atoms with van der Waals surface area (Å²) in [5.41, 5.74) is 6.04. The standard InChI is InChI=1S/C15H27N3O/c1-10-7-12(9-18(10)13-5-6-13)17-15(19)8-11-3-2-4-14(11)16/h10-14H,2-9,16H2,1H3,(H,17,19)/t10?,11-,12?,14+/m0/s1. The largest absolute Gasteiger partial charge is 0.352 e. The summed E-state index contributed by atoms with van der Waals surface area (Å²) in [5, 5.41) is 3.23. The predicted molar refractivity (Wildman–Crippen MR) is 75.7 cm³/mol. The van der Waals surface area contributed by atoms with Gasteiger partial charge in [0.25, 0.3) is 0 Å². The molecule has 3 N–H and O–H groups in total. The highest BCUT2D eigenvalue weighted by Crippen LogP contribution is 2.33. The van der Waals surface area contributed by atoms with Crippen LogP contribution in [0.4, 0.5) is 0 Å². The topological polar surface area (TPSA) is 58.4 Å². The van der Waals surface area contributed by atoms with E-state index in [1.807, 2.05) is 0 Å². The van der Waals surface area contributed by atoms with E-state index in [0.29, 0.717) is 24.4 Å². The number of carbonyl (C=O) groups excluding carboxylic acids is 1. The molecule has 1 amide bonds. The first-order valence-electron chi connectivity index (χ1n) is 7.94. The molecule has 0 aromatic heterocycles. The van der Waals surface area contributed by atoms with Crippen molar-refractivity contribution in [2.24, 2.45) is 11.7 Å². The lowest BCUT2D eigenvalue weighted by Crippen LogP contribution is -2.39. The van der Waals surface area contributed by atoms with Crippen molar-refractivity contribution >= 4 is 5.91 Å². The van der Waals surface area contributed by atoms with E-state index >= 15 is 0 Å². The SMILES string of the molecule is CC1CC(NC(=O)C[C@@H]2CCC[C@H]2N)CN1C1CC1. The van der Waals surface area contributed by atoms with E-state index in [9.17, 15) is 4.79 Å². The zero-order chi connectivity index (χ0) is 13.4. The summed E-state index contributed by atoms with van der Waals surface area (Å²) in [5.74, 6) is 0.635. The van der Waals surface area contributed by atoms with E-state index in [1.165, 1.54) is 19.3 Å². The van der Waals surface area contributed by atoms with Gasteiger partial charge < -0.3 is 11.1 Å². The number of rotatable bonds is 4. The summed E-state index contributed by atoms with van der Waals surface area (Å²) >= 11 is 0. The zero-order valence-electron chi connectivity index (χ0n) is 12.0. The van der Waals surface area contributed by atoms with Crippen LogP contribution in [0.5, 0.6) is 0 Å². The fourth-order valence-electron chi connectivity index (χ4n) is 3.92. The van der Waals surface area contributed by atoms with Gasteiger partial charge in [-0.15, -0.1) is 0 Å². The number of hydrogen-bond acceptors (Lipinski definition) is 3. The molecule has 4 nitrogen and oxygen atoms in total. The quantitative estimate of drug-likeness (QED) is 0.804. The van der Waals surface area contributed by atoms with Crippen LogP contribution in [0.15, 0.2) is 0 Å². The Bertz CT molecular complexity index is 342. The van der Waals surface area contributed by atoms with Crippen LogP contribution in [0.3, 0.4) is 0 Å². The van der Waals surface area contributed by atoms with Gasteiger partial charge in [-0.05, 0) is 44.9 Å². The highest BCUT2D eigenvalue weighted by Gasteiger charge is 2.39. The Morgan fingerprint density at radius 2 is 2.11 bits per heavy atom. The third-order valence-corrected chi connectivity index (χ3v) is 5.17. The Morgan fingerprint density at radius 1 is 1.32 bits per heavy atom. The van der Waals surface area contributed by atoms with Gasteiger partial charge in [0.1, 0.15) is 0 Å². The van der Waals surface area contributed by atoms with Crippen molar-refractivity contribution in [3.63, 3.8) is 0 Å². The van der Waals surface area contributed by atoms with Crippen molar-refractivity contribution in [3.8, 4) is 0 Å². The maximum Gasteiger partial charge on any atom is 0.220 e. The van der Waals surface area contributed by atoms with E-state index in [2.05, 4.69) is 17.1 Å². The molecule has 0 aromatic carbocycles. The van der Waals surface area contributed by atoms with Gasteiger partial charge in [0.15, 0.2) is 0 Å². The number of carbonyl (C=O) groups is 1.